The van der Waals surface area contributed by atoms with Gasteiger partial charge in [0.05, 0.1) is 16.9 Å². The molecule has 0 atom stereocenters. The van der Waals surface area contributed by atoms with Crippen molar-refractivity contribution in [3.8, 4) is 5.69 Å². The number of aliphatic carboxylic acids is 1. The maximum absolute atomic E-state index is 10.6. The van der Waals surface area contributed by atoms with Gasteiger partial charge in [0.25, 0.3) is 0 Å². The number of halogens is 3. The number of para-hydroxylation sites is 2. The van der Waals surface area contributed by atoms with Crippen molar-refractivity contribution in [1.82, 2.24) is 24.7 Å². The van der Waals surface area contributed by atoms with Crippen molar-refractivity contribution < 1.29 is 23.1 Å². The second-order valence-electron chi connectivity index (χ2n) is 7.64. The van der Waals surface area contributed by atoms with Crippen LogP contribution in [0.1, 0.15) is 5.82 Å². The Hall–Kier alpha value is -5.00. The molecule has 0 amide bonds. The van der Waals surface area contributed by atoms with Crippen molar-refractivity contribution in [2.75, 3.05) is 10.6 Å². The van der Waals surface area contributed by atoms with E-state index in [1.807, 2.05) is 85.9 Å². The van der Waals surface area contributed by atoms with E-state index in [0.29, 0.717) is 5.95 Å². The van der Waals surface area contributed by atoms with Gasteiger partial charge in [0.1, 0.15) is 12.2 Å². The van der Waals surface area contributed by atoms with Crippen LogP contribution in [0.2, 0.25) is 0 Å². The lowest BCUT2D eigenvalue weighted by molar-refractivity contribution is -0.192. The van der Waals surface area contributed by atoms with E-state index in [0.717, 1.165) is 39.5 Å². The van der Waals surface area contributed by atoms with Gasteiger partial charge in [0.2, 0.25) is 5.95 Å². The van der Waals surface area contributed by atoms with Crippen LogP contribution in [0.5, 0.6) is 0 Å². The monoisotopic (exact) mass is 507 g/mol. The van der Waals surface area contributed by atoms with Gasteiger partial charge >= 0.3 is 12.1 Å². The van der Waals surface area contributed by atoms with Crippen LogP contribution in [-0.4, -0.2) is 42.0 Å². The molecule has 0 aliphatic heterocycles. The summed E-state index contributed by atoms with van der Waals surface area (Å²) < 4.78 is 33.5. The molecule has 3 aromatic carbocycles. The Kier molecular flexibility index (Phi) is 7.28. The molecule has 0 bridgehead atoms. The summed E-state index contributed by atoms with van der Waals surface area (Å²) in [7, 11) is 0. The van der Waals surface area contributed by atoms with Crippen molar-refractivity contribution >= 4 is 39.9 Å². The molecule has 9 nitrogen and oxygen atoms in total. The van der Waals surface area contributed by atoms with Crippen LogP contribution >= 0.6 is 0 Å². The summed E-state index contributed by atoms with van der Waals surface area (Å²) in [5, 5.41) is 19.1. The summed E-state index contributed by atoms with van der Waals surface area (Å²) in [4.78, 5) is 22.3. The van der Waals surface area contributed by atoms with Crippen molar-refractivity contribution in [3.63, 3.8) is 0 Å². The minimum Gasteiger partial charge on any atom is -0.475 e. The topological polar surface area (TPSA) is 118 Å². The zero-order chi connectivity index (χ0) is 26.4. The third kappa shape index (κ3) is 6.57. The average molecular weight is 507 g/mol. The number of nitrogens with zero attached hydrogens (tertiary/aromatic N) is 5. The van der Waals surface area contributed by atoms with Crippen LogP contribution < -0.4 is 10.6 Å². The number of aryl methyl sites for hydroxylation is 1. The number of nitrogens with one attached hydrogen (secondary N) is 2. The second kappa shape index (κ2) is 10.7. The fraction of sp³-hybridized carbons (Fsp3) is 0.0800. The van der Waals surface area contributed by atoms with Gasteiger partial charge in [-0.25, -0.2) is 24.4 Å². The number of rotatable bonds is 5. The van der Waals surface area contributed by atoms with Gasteiger partial charge < -0.3 is 15.7 Å². The Labute approximate surface area is 208 Å². The molecule has 5 aromatic rings. The van der Waals surface area contributed by atoms with Gasteiger partial charge in [0.15, 0.2) is 0 Å². The summed E-state index contributed by atoms with van der Waals surface area (Å²) in [6, 6.07) is 23.9. The molecule has 0 aliphatic rings. The lowest BCUT2D eigenvalue weighted by Crippen LogP contribution is -2.21. The number of carboxylic acids is 1. The van der Waals surface area contributed by atoms with E-state index in [1.165, 1.54) is 0 Å². The quantitative estimate of drug-likeness (QED) is 0.280. The van der Waals surface area contributed by atoms with Crippen LogP contribution in [0.4, 0.5) is 36.2 Å². The molecule has 0 unspecified atom stereocenters. The highest BCUT2D eigenvalue weighted by Gasteiger charge is 2.38. The molecule has 0 saturated carbocycles. The molecule has 0 fully saturated rings. The highest BCUT2D eigenvalue weighted by atomic mass is 19.4. The summed E-state index contributed by atoms with van der Waals surface area (Å²) in [5.41, 5.74) is 4.63. The molecular weight excluding hydrogens is 487 g/mol. The molecule has 0 aliphatic carbocycles. The third-order valence-electron chi connectivity index (χ3n) is 4.90. The molecule has 2 heterocycles. The summed E-state index contributed by atoms with van der Waals surface area (Å²) in [5.74, 6) is -1.48. The zero-order valence-electron chi connectivity index (χ0n) is 19.3. The highest BCUT2D eigenvalue weighted by molar-refractivity contribution is 5.92. The fourth-order valence-corrected chi connectivity index (χ4v) is 3.19. The molecule has 0 spiro atoms. The first-order valence-corrected chi connectivity index (χ1v) is 10.8. The minimum atomic E-state index is -5.08. The second-order valence-corrected chi connectivity index (χ2v) is 7.64. The number of benzene rings is 3. The SMILES string of the molecule is Cc1ncn(-c2ccc(Nc3ncc4cccc(Nc5ccccc5)c4n3)cc2)n1.O=C(O)C(F)(F)F. The first-order valence-electron chi connectivity index (χ1n) is 10.8. The smallest absolute Gasteiger partial charge is 0.475 e. The van der Waals surface area contributed by atoms with E-state index in [2.05, 4.69) is 25.7 Å². The Morgan fingerprint density at radius 2 is 1.57 bits per heavy atom. The number of hydrogen-bond donors (Lipinski definition) is 3. The van der Waals surface area contributed by atoms with E-state index in [-0.39, 0.29) is 0 Å². The Morgan fingerprint density at radius 1 is 0.892 bits per heavy atom. The molecule has 0 radical (unpaired) electrons. The van der Waals surface area contributed by atoms with Crippen LogP contribution in [0.25, 0.3) is 16.6 Å². The maximum atomic E-state index is 10.6. The number of anilines is 4. The average Bonchev–Trinajstić information content (AvgIpc) is 3.31. The van der Waals surface area contributed by atoms with Gasteiger partial charge in [-0.1, -0.05) is 30.3 Å². The van der Waals surface area contributed by atoms with E-state index in [1.54, 1.807) is 11.0 Å². The molecular formula is C25H20F3N7O2. The fourth-order valence-electron chi connectivity index (χ4n) is 3.19. The van der Waals surface area contributed by atoms with Gasteiger partial charge in [-0.05, 0) is 49.4 Å². The molecule has 0 saturated heterocycles. The molecule has 3 N–H and O–H groups in total. The predicted octanol–water partition coefficient (Wildman–Crippen LogP) is 5.64. The van der Waals surface area contributed by atoms with Crippen molar-refractivity contribution in [3.05, 3.63) is 91.1 Å². The molecule has 12 heteroatoms. The van der Waals surface area contributed by atoms with Gasteiger partial charge in [-0.15, -0.1) is 0 Å². The van der Waals surface area contributed by atoms with Crippen LogP contribution in [0.15, 0.2) is 85.3 Å². The highest BCUT2D eigenvalue weighted by Crippen LogP contribution is 2.26. The van der Waals surface area contributed by atoms with E-state index >= 15 is 0 Å². The van der Waals surface area contributed by atoms with Crippen LogP contribution in [0, 0.1) is 6.92 Å². The lowest BCUT2D eigenvalue weighted by Gasteiger charge is -2.11. The number of hydrogen-bond acceptors (Lipinski definition) is 7. The van der Waals surface area contributed by atoms with E-state index in [4.69, 9.17) is 14.9 Å². The van der Waals surface area contributed by atoms with Gasteiger partial charge in [-0.3, -0.25) is 0 Å². The summed E-state index contributed by atoms with van der Waals surface area (Å²) in [6.45, 7) is 1.87. The van der Waals surface area contributed by atoms with E-state index in [9.17, 15) is 13.2 Å². The first-order chi connectivity index (χ1) is 17.7. The standard InChI is InChI=1S/C23H19N7.C2HF3O2/c1-16-25-15-30(29-16)20-12-10-19(11-13-20)27-23-24-14-17-6-5-9-21(22(17)28-23)26-18-7-3-2-4-8-18;3-2(4,5)1(6)7/h2-15,26H,1H3,(H,24,27,28);(H,6,7). The number of carbonyl (C=O) groups is 1. The largest absolute Gasteiger partial charge is 0.490 e. The Bertz CT molecular complexity index is 1500. The van der Waals surface area contributed by atoms with Gasteiger partial charge in [-0.2, -0.15) is 18.3 Å². The number of fused-ring (bicyclic) bond motifs is 1. The number of alkyl halides is 3. The molecule has 37 heavy (non-hydrogen) atoms. The third-order valence-corrected chi connectivity index (χ3v) is 4.90. The zero-order valence-corrected chi connectivity index (χ0v) is 19.3. The number of carboxylic acid groups (broad SMARTS) is 1. The number of aromatic nitrogens is 5. The Morgan fingerprint density at radius 3 is 2.19 bits per heavy atom. The van der Waals surface area contributed by atoms with Crippen LogP contribution in [-0.2, 0) is 4.79 Å². The normalized spacial score (nSPS) is 10.9. The molecule has 5 rings (SSSR count). The van der Waals surface area contributed by atoms with Gasteiger partial charge in [0, 0.05) is 23.0 Å². The van der Waals surface area contributed by atoms with E-state index < -0.39 is 12.1 Å². The first kappa shape index (κ1) is 25.1. The lowest BCUT2D eigenvalue weighted by atomic mass is 10.2. The maximum Gasteiger partial charge on any atom is 0.490 e. The van der Waals surface area contributed by atoms with Crippen molar-refractivity contribution in [2.24, 2.45) is 0 Å². The predicted molar refractivity (Wildman–Crippen MR) is 132 cm³/mol. The van der Waals surface area contributed by atoms with Crippen molar-refractivity contribution in [2.45, 2.75) is 13.1 Å². The molecule has 2 aromatic heterocycles. The van der Waals surface area contributed by atoms with Crippen molar-refractivity contribution in [1.29, 1.82) is 0 Å². The summed E-state index contributed by atoms with van der Waals surface area (Å²) >= 11 is 0. The molecule has 188 valence electrons. The minimum absolute atomic E-state index is 0.536. The Balaban J connectivity index is 0.000000405. The van der Waals surface area contributed by atoms with Crippen LogP contribution in [0.3, 0.4) is 0 Å². The summed E-state index contributed by atoms with van der Waals surface area (Å²) in [6.07, 6.45) is -1.56.